The lowest BCUT2D eigenvalue weighted by molar-refractivity contribution is -0.136. The number of hydrogen-bond acceptors (Lipinski definition) is 5. The lowest BCUT2D eigenvalue weighted by Gasteiger charge is -2.22. The molecule has 1 aliphatic carbocycles. The standard InChI is InChI=1S/C18H21N3O2/c1-11-5-6-20-9-13(11)7-17(19)16-10-21-18-4-3-14(8-15(16)18)23-12(2)22/h3-4,6-11,15,18,21H,5,19H2,1-2H3/b17-7-/t11?,15-,18?/m1/s1. The van der Waals surface area contributed by atoms with Crippen LogP contribution in [0.15, 0.2) is 64.3 Å². The minimum atomic E-state index is -0.321. The minimum Gasteiger partial charge on any atom is -0.427 e. The Morgan fingerprint density at radius 1 is 1.52 bits per heavy atom. The summed E-state index contributed by atoms with van der Waals surface area (Å²) in [5.74, 6) is 0.721. The van der Waals surface area contributed by atoms with Gasteiger partial charge >= 0.3 is 5.97 Å². The molecular formula is C18H21N3O2. The Balaban J connectivity index is 1.82. The molecular weight excluding hydrogens is 290 g/mol. The van der Waals surface area contributed by atoms with Crippen LogP contribution in [0, 0.1) is 11.8 Å². The first-order valence-electron chi connectivity index (χ1n) is 7.78. The second-order valence-corrected chi connectivity index (χ2v) is 6.04. The van der Waals surface area contributed by atoms with Crippen molar-refractivity contribution in [3.63, 3.8) is 0 Å². The van der Waals surface area contributed by atoms with E-state index >= 15 is 0 Å². The van der Waals surface area contributed by atoms with E-state index in [-0.39, 0.29) is 17.9 Å². The van der Waals surface area contributed by atoms with Crippen LogP contribution in [0.4, 0.5) is 0 Å². The van der Waals surface area contributed by atoms with Crippen LogP contribution in [0.1, 0.15) is 20.3 Å². The Morgan fingerprint density at radius 3 is 3.09 bits per heavy atom. The summed E-state index contributed by atoms with van der Waals surface area (Å²) >= 11 is 0. The number of carbonyl (C=O) groups excluding carboxylic acids is 1. The molecule has 0 radical (unpaired) electrons. The van der Waals surface area contributed by atoms with E-state index in [2.05, 4.69) is 17.2 Å². The zero-order valence-corrected chi connectivity index (χ0v) is 13.3. The number of allylic oxidation sites excluding steroid dienone is 4. The van der Waals surface area contributed by atoms with Crippen LogP contribution in [-0.2, 0) is 9.53 Å². The molecule has 0 aromatic heterocycles. The molecule has 0 spiro atoms. The average molecular weight is 311 g/mol. The lowest BCUT2D eigenvalue weighted by atomic mass is 9.87. The predicted molar refractivity (Wildman–Crippen MR) is 90.1 cm³/mol. The van der Waals surface area contributed by atoms with Crippen molar-refractivity contribution < 1.29 is 9.53 Å². The van der Waals surface area contributed by atoms with Gasteiger partial charge in [-0.2, -0.15) is 0 Å². The molecule has 3 rings (SSSR count). The van der Waals surface area contributed by atoms with E-state index < -0.39 is 0 Å². The molecule has 3 N–H and O–H groups in total. The van der Waals surface area contributed by atoms with E-state index in [1.165, 1.54) is 6.92 Å². The number of ether oxygens (including phenoxy) is 1. The van der Waals surface area contributed by atoms with Gasteiger partial charge in [-0.05, 0) is 36.1 Å². The summed E-state index contributed by atoms with van der Waals surface area (Å²) in [4.78, 5) is 15.3. The van der Waals surface area contributed by atoms with Crippen LogP contribution in [-0.4, -0.2) is 18.2 Å². The molecule has 3 atom stereocenters. The summed E-state index contributed by atoms with van der Waals surface area (Å²) < 4.78 is 5.18. The van der Waals surface area contributed by atoms with Gasteiger partial charge in [0, 0.05) is 42.7 Å². The molecule has 0 fully saturated rings. The van der Waals surface area contributed by atoms with E-state index in [1.54, 1.807) is 0 Å². The van der Waals surface area contributed by atoms with Gasteiger partial charge in [-0.3, -0.25) is 9.79 Å². The molecule has 120 valence electrons. The lowest BCUT2D eigenvalue weighted by Crippen LogP contribution is -2.27. The highest BCUT2D eigenvalue weighted by Gasteiger charge is 2.30. The number of nitrogens with one attached hydrogen (secondary N) is 1. The molecule has 0 aromatic carbocycles. The van der Waals surface area contributed by atoms with Crippen molar-refractivity contribution in [1.29, 1.82) is 0 Å². The number of esters is 1. The van der Waals surface area contributed by atoms with Crippen LogP contribution in [0.25, 0.3) is 0 Å². The topological polar surface area (TPSA) is 76.7 Å². The van der Waals surface area contributed by atoms with Crippen molar-refractivity contribution in [2.75, 3.05) is 0 Å². The Kier molecular flexibility index (Phi) is 4.19. The Bertz CT molecular complexity index is 695. The van der Waals surface area contributed by atoms with Gasteiger partial charge in [0.05, 0.1) is 6.04 Å². The van der Waals surface area contributed by atoms with Crippen molar-refractivity contribution >= 4 is 12.2 Å². The molecule has 3 aliphatic rings. The molecule has 0 aromatic rings. The third kappa shape index (κ3) is 3.28. The van der Waals surface area contributed by atoms with Crippen LogP contribution >= 0.6 is 0 Å². The average Bonchev–Trinajstić information content (AvgIpc) is 2.92. The highest BCUT2D eigenvalue weighted by atomic mass is 16.5. The number of hydrogen-bond donors (Lipinski definition) is 2. The number of fused-ring (bicyclic) bond motifs is 1. The molecule has 23 heavy (non-hydrogen) atoms. The summed E-state index contributed by atoms with van der Waals surface area (Å²) in [5.41, 5.74) is 9.18. The third-order valence-electron chi connectivity index (χ3n) is 4.26. The zero-order chi connectivity index (χ0) is 16.4. The Hall–Kier alpha value is -2.56. The second kappa shape index (κ2) is 6.28. The summed E-state index contributed by atoms with van der Waals surface area (Å²) in [6, 6.07) is 0.145. The van der Waals surface area contributed by atoms with Crippen LogP contribution < -0.4 is 11.1 Å². The van der Waals surface area contributed by atoms with Gasteiger partial charge in [0.25, 0.3) is 0 Å². The normalized spacial score (nSPS) is 29.2. The van der Waals surface area contributed by atoms with E-state index in [4.69, 9.17) is 10.5 Å². The SMILES string of the molecule is CC(=O)OC1=C[C@@H]2C(/C(N)=C/C3=CN=CCC3C)=CNC2C=C1. The molecule has 2 aliphatic heterocycles. The number of nitrogens with two attached hydrogens (primary N) is 1. The first-order chi connectivity index (χ1) is 11.0. The molecule has 2 heterocycles. The quantitative estimate of drug-likeness (QED) is 0.784. The van der Waals surface area contributed by atoms with Gasteiger partial charge in [-0.25, -0.2) is 0 Å². The fourth-order valence-electron chi connectivity index (χ4n) is 2.95. The number of aliphatic imine (C=N–C) groups is 1. The third-order valence-corrected chi connectivity index (χ3v) is 4.26. The summed E-state index contributed by atoms with van der Waals surface area (Å²) in [5, 5.41) is 3.31. The van der Waals surface area contributed by atoms with E-state index in [1.807, 2.05) is 42.9 Å². The van der Waals surface area contributed by atoms with Crippen LogP contribution in [0.3, 0.4) is 0 Å². The van der Waals surface area contributed by atoms with Gasteiger partial charge in [0.2, 0.25) is 0 Å². The van der Waals surface area contributed by atoms with Gasteiger partial charge in [-0.15, -0.1) is 0 Å². The number of nitrogens with zero attached hydrogens (tertiary/aromatic N) is 1. The summed E-state index contributed by atoms with van der Waals surface area (Å²) in [6.45, 7) is 3.56. The largest absolute Gasteiger partial charge is 0.427 e. The summed E-state index contributed by atoms with van der Waals surface area (Å²) in [7, 11) is 0. The van der Waals surface area contributed by atoms with Crippen molar-refractivity contribution in [3.8, 4) is 0 Å². The van der Waals surface area contributed by atoms with E-state index in [0.29, 0.717) is 17.4 Å². The van der Waals surface area contributed by atoms with Gasteiger partial charge in [0.15, 0.2) is 0 Å². The monoisotopic (exact) mass is 311 g/mol. The van der Waals surface area contributed by atoms with Gasteiger partial charge in [0.1, 0.15) is 5.76 Å². The fourth-order valence-corrected chi connectivity index (χ4v) is 2.95. The van der Waals surface area contributed by atoms with Crippen molar-refractivity contribution in [2.45, 2.75) is 26.3 Å². The first kappa shape index (κ1) is 15.3. The molecule has 5 heteroatoms. The van der Waals surface area contributed by atoms with Gasteiger partial charge < -0.3 is 15.8 Å². The van der Waals surface area contributed by atoms with Crippen molar-refractivity contribution in [3.05, 3.63) is 59.3 Å². The molecule has 2 unspecified atom stereocenters. The maximum atomic E-state index is 11.1. The molecule has 0 saturated carbocycles. The molecule has 5 nitrogen and oxygen atoms in total. The first-order valence-corrected chi connectivity index (χ1v) is 7.78. The zero-order valence-electron chi connectivity index (χ0n) is 13.3. The van der Waals surface area contributed by atoms with Gasteiger partial charge in [-0.1, -0.05) is 13.0 Å². The number of carbonyl (C=O) groups is 1. The maximum absolute atomic E-state index is 11.1. The second-order valence-electron chi connectivity index (χ2n) is 6.04. The fraction of sp³-hybridized carbons (Fsp3) is 0.333. The molecule has 0 amide bonds. The Labute approximate surface area is 136 Å². The molecule has 0 bridgehead atoms. The van der Waals surface area contributed by atoms with Crippen molar-refractivity contribution in [1.82, 2.24) is 5.32 Å². The summed E-state index contributed by atoms with van der Waals surface area (Å²) in [6.07, 6.45) is 14.4. The predicted octanol–water partition coefficient (Wildman–Crippen LogP) is 2.31. The van der Waals surface area contributed by atoms with Crippen LogP contribution in [0.2, 0.25) is 0 Å². The smallest absolute Gasteiger partial charge is 0.308 e. The van der Waals surface area contributed by atoms with E-state index in [0.717, 1.165) is 17.6 Å². The van der Waals surface area contributed by atoms with Crippen LogP contribution in [0.5, 0.6) is 0 Å². The molecule has 0 saturated heterocycles. The van der Waals surface area contributed by atoms with Crippen molar-refractivity contribution in [2.24, 2.45) is 22.6 Å². The highest BCUT2D eigenvalue weighted by Crippen LogP contribution is 2.33. The highest BCUT2D eigenvalue weighted by molar-refractivity contribution is 5.68. The maximum Gasteiger partial charge on any atom is 0.308 e. The minimum absolute atomic E-state index is 0.0635. The Morgan fingerprint density at radius 2 is 2.35 bits per heavy atom. The van der Waals surface area contributed by atoms with E-state index in [9.17, 15) is 4.79 Å². The number of rotatable bonds is 3.